The first-order valence-electron chi connectivity index (χ1n) is 9.99. The predicted octanol–water partition coefficient (Wildman–Crippen LogP) is 2.16. The molecule has 8 nitrogen and oxygen atoms in total. The Kier molecular flexibility index (Phi) is 6.08. The van der Waals surface area contributed by atoms with E-state index in [0.717, 1.165) is 24.5 Å². The van der Waals surface area contributed by atoms with Crippen molar-refractivity contribution < 1.29 is 19.1 Å². The molecule has 3 heterocycles. The van der Waals surface area contributed by atoms with Gasteiger partial charge in [0.05, 0.1) is 12.8 Å². The molecular weight excluding hydrogens is 404 g/mol. The van der Waals surface area contributed by atoms with Crippen molar-refractivity contribution in [2.45, 2.75) is 18.1 Å². The SMILES string of the molecule is COc1ccc(N2CCN(C(=O)CCCN3C(=O)N=C4C=CSC4C3=O)CC2)cc1. The van der Waals surface area contributed by atoms with E-state index in [4.69, 9.17) is 4.74 Å². The van der Waals surface area contributed by atoms with E-state index in [1.54, 1.807) is 18.6 Å². The van der Waals surface area contributed by atoms with Gasteiger partial charge in [-0.15, -0.1) is 11.8 Å². The third kappa shape index (κ3) is 4.21. The molecule has 0 bridgehead atoms. The Morgan fingerprint density at radius 1 is 1.17 bits per heavy atom. The average molecular weight is 429 g/mol. The zero-order valence-electron chi connectivity index (χ0n) is 16.8. The number of urea groups is 1. The Bertz CT molecular complexity index is 891. The second-order valence-corrected chi connectivity index (χ2v) is 8.31. The molecule has 4 rings (SSSR count). The first-order chi connectivity index (χ1) is 14.6. The number of carbonyl (C=O) groups excluding carboxylic acids is 3. The number of fused-ring (bicyclic) bond motifs is 1. The van der Waals surface area contributed by atoms with Gasteiger partial charge < -0.3 is 14.5 Å². The monoisotopic (exact) mass is 428 g/mol. The van der Waals surface area contributed by atoms with E-state index in [0.29, 0.717) is 31.6 Å². The topological polar surface area (TPSA) is 82.5 Å². The highest BCUT2D eigenvalue weighted by Gasteiger charge is 2.38. The van der Waals surface area contributed by atoms with Gasteiger partial charge in [-0.1, -0.05) is 0 Å². The van der Waals surface area contributed by atoms with Crippen LogP contribution in [0.5, 0.6) is 5.75 Å². The van der Waals surface area contributed by atoms with Crippen LogP contribution < -0.4 is 9.64 Å². The second-order valence-electron chi connectivity index (χ2n) is 7.30. The minimum Gasteiger partial charge on any atom is -0.497 e. The summed E-state index contributed by atoms with van der Waals surface area (Å²) in [5.41, 5.74) is 1.64. The molecule has 30 heavy (non-hydrogen) atoms. The van der Waals surface area contributed by atoms with E-state index in [-0.39, 0.29) is 18.4 Å². The number of hydrogen-bond acceptors (Lipinski definition) is 6. The van der Waals surface area contributed by atoms with Crippen LogP contribution in [0.15, 0.2) is 40.7 Å². The molecule has 0 N–H and O–H groups in total. The van der Waals surface area contributed by atoms with Gasteiger partial charge >= 0.3 is 6.03 Å². The largest absolute Gasteiger partial charge is 0.497 e. The van der Waals surface area contributed by atoms with Crippen LogP contribution in [0.2, 0.25) is 0 Å². The van der Waals surface area contributed by atoms with Crippen LogP contribution in [0, 0.1) is 0 Å². The average Bonchev–Trinajstić information content (AvgIpc) is 3.24. The lowest BCUT2D eigenvalue weighted by molar-refractivity contribution is -0.132. The Hall–Kier alpha value is -2.81. The molecule has 1 aromatic carbocycles. The Balaban J connectivity index is 1.22. The summed E-state index contributed by atoms with van der Waals surface area (Å²) in [6.07, 6.45) is 2.47. The molecule has 0 radical (unpaired) electrons. The minimum atomic E-state index is -0.529. The van der Waals surface area contributed by atoms with Crippen molar-refractivity contribution in [3.8, 4) is 5.75 Å². The quantitative estimate of drug-likeness (QED) is 0.691. The fourth-order valence-electron chi connectivity index (χ4n) is 3.79. The second kappa shape index (κ2) is 8.91. The Labute approximate surface area is 179 Å². The van der Waals surface area contributed by atoms with Crippen molar-refractivity contribution in [3.05, 3.63) is 35.7 Å². The molecule has 3 aliphatic rings. The number of nitrogens with zero attached hydrogens (tertiary/aromatic N) is 4. The van der Waals surface area contributed by atoms with Gasteiger partial charge in [0.2, 0.25) is 11.8 Å². The van der Waals surface area contributed by atoms with Gasteiger partial charge in [-0.05, 0) is 42.2 Å². The molecule has 1 fully saturated rings. The van der Waals surface area contributed by atoms with Crippen molar-refractivity contribution in [1.29, 1.82) is 0 Å². The molecule has 158 valence electrons. The summed E-state index contributed by atoms with van der Waals surface area (Å²) in [4.78, 5) is 46.4. The van der Waals surface area contributed by atoms with Gasteiger partial charge in [-0.2, -0.15) is 4.99 Å². The number of carbonyl (C=O) groups is 3. The number of piperazine rings is 1. The molecule has 0 spiro atoms. The van der Waals surface area contributed by atoms with E-state index < -0.39 is 11.3 Å². The first kappa shape index (κ1) is 20.5. The lowest BCUT2D eigenvalue weighted by Gasteiger charge is -2.36. The number of thioether (sulfide) groups is 1. The number of anilines is 1. The lowest BCUT2D eigenvalue weighted by atomic mass is 10.1. The number of rotatable bonds is 6. The zero-order chi connectivity index (χ0) is 21.1. The third-order valence-electron chi connectivity index (χ3n) is 5.51. The number of benzene rings is 1. The maximum atomic E-state index is 12.6. The number of allylic oxidation sites excluding steroid dienone is 1. The number of aliphatic imine (C=N–C) groups is 1. The van der Waals surface area contributed by atoms with E-state index >= 15 is 0 Å². The van der Waals surface area contributed by atoms with Crippen LogP contribution >= 0.6 is 11.8 Å². The van der Waals surface area contributed by atoms with E-state index in [1.807, 2.05) is 29.2 Å². The number of ether oxygens (including phenoxy) is 1. The van der Waals surface area contributed by atoms with Crippen LogP contribution in [-0.4, -0.2) is 78.4 Å². The van der Waals surface area contributed by atoms with Crippen LogP contribution in [0.3, 0.4) is 0 Å². The summed E-state index contributed by atoms with van der Waals surface area (Å²) in [5, 5.41) is 1.37. The van der Waals surface area contributed by atoms with Crippen molar-refractivity contribution in [2.75, 3.05) is 44.7 Å². The van der Waals surface area contributed by atoms with Crippen molar-refractivity contribution in [2.24, 2.45) is 4.99 Å². The summed E-state index contributed by atoms with van der Waals surface area (Å²) < 4.78 is 5.19. The normalized spacial score (nSPS) is 21.0. The Morgan fingerprint density at radius 2 is 1.90 bits per heavy atom. The summed E-state index contributed by atoms with van der Waals surface area (Å²) in [7, 11) is 1.64. The minimum absolute atomic E-state index is 0.0578. The predicted molar refractivity (Wildman–Crippen MR) is 116 cm³/mol. The summed E-state index contributed by atoms with van der Waals surface area (Å²) in [6, 6.07) is 7.38. The van der Waals surface area contributed by atoms with E-state index in [9.17, 15) is 14.4 Å². The van der Waals surface area contributed by atoms with Crippen LogP contribution in [0.25, 0.3) is 0 Å². The van der Waals surface area contributed by atoms with Crippen molar-refractivity contribution in [1.82, 2.24) is 9.80 Å². The molecule has 0 aromatic heterocycles. The van der Waals surface area contributed by atoms with E-state index in [1.165, 1.54) is 16.7 Å². The van der Waals surface area contributed by atoms with Gasteiger partial charge in [-0.25, -0.2) is 4.79 Å². The van der Waals surface area contributed by atoms with Gasteiger partial charge in [0.15, 0.2) is 0 Å². The fourth-order valence-corrected chi connectivity index (χ4v) is 4.68. The molecule has 1 unspecified atom stereocenters. The smallest absolute Gasteiger partial charge is 0.350 e. The van der Waals surface area contributed by atoms with Gasteiger partial charge in [0, 0.05) is 44.8 Å². The summed E-state index contributed by atoms with van der Waals surface area (Å²) in [5.74, 6) is 0.644. The molecule has 0 saturated carbocycles. The van der Waals surface area contributed by atoms with Crippen LogP contribution in [0.1, 0.15) is 12.8 Å². The lowest BCUT2D eigenvalue weighted by Crippen LogP contribution is -2.49. The Morgan fingerprint density at radius 3 is 2.60 bits per heavy atom. The van der Waals surface area contributed by atoms with Crippen molar-refractivity contribution >= 4 is 41.0 Å². The highest BCUT2D eigenvalue weighted by Crippen LogP contribution is 2.28. The first-order valence-corrected chi connectivity index (χ1v) is 10.9. The van der Waals surface area contributed by atoms with Crippen LogP contribution in [-0.2, 0) is 9.59 Å². The number of imide groups is 1. The summed E-state index contributed by atoms with van der Waals surface area (Å²) in [6.45, 7) is 3.08. The van der Waals surface area contributed by atoms with Crippen molar-refractivity contribution in [3.63, 3.8) is 0 Å². The highest BCUT2D eigenvalue weighted by atomic mass is 32.2. The fraction of sp³-hybridized carbons (Fsp3) is 0.429. The number of hydrogen-bond donors (Lipinski definition) is 0. The number of amides is 4. The zero-order valence-corrected chi connectivity index (χ0v) is 17.6. The van der Waals surface area contributed by atoms with Gasteiger partial charge in [0.1, 0.15) is 11.0 Å². The molecule has 1 saturated heterocycles. The maximum absolute atomic E-state index is 12.6. The molecule has 4 amide bonds. The van der Waals surface area contributed by atoms with Gasteiger partial charge in [0.25, 0.3) is 0 Å². The van der Waals surface area contributed by atoms with Gasteiger partial charge in [-0.3, -0.25) is 14.5 Å². The molecule has 1 aromatic rings. The molecular formula is C21H24N4O4S. The standard InChI is InChI=1S/C21H24N4O4S/c1-29-16-6-4-15(5-7-16)23-10-12-24(13-11-23)18(26)3-2-9-25-20(27)19-17(8-14-30-19)22-21(25)28/h4-8,14,19H,2-3,9-13H2,1H3. The third-order valence-corrected chi connectivity index (χ3v) is 6.52. The molecule has 0 aliphatic carbocycles. The summed E-state index contributed by atoms with van der Waals surface area (Å²) >= 11 is 1.36. The molecule has 3 aliphatic heterocycles. The highest BCUT2D eigenvalue weighted by molar-refractivity contribution is 8.04. The van der Waals surface area contributed by atoms with Crippen LogP contribution in [0.4, 0.5) is 10.5 Å². The maximum Gasteiger partial charge on any atom is 0.350 e. The van der Waals surface area contributed by atoms with E-state index in [2.05, 4.69) is 9.89 Å². The molecule has 1 atom stereocenters. The number of methoxy groups -OCH3 is 1. The molecule has 9 heteroatoms.